The van der Waals surface area contributed by atoms with E-state index >= 15 is 0 Å². The molecule has 13 nitrogen and oxygen atoms in total. The maximum atomic E-state index is 10.5. The Balaban J connectivity index is 1.11. The zero-order valence-corrected chi connectivity index (χ0v) is 41.3. The van der Waals surface area contributed by atoms with Gasteiger partial charge in [-0.1, -0.05) is 217 Å². The summed E-state index contributed by atoms with van der Waals surface area (Å²) in [5, 5.41) is 4.44. The van der Waals surface area contributed by atoms with Crippen molar-refractivity contribution in [3.8, 4) is 0 Å². The summed E-state index contributed by atoms with van der Waals surface area (Å²) in [6.07, 6.45) is -8.31. The Morgan fingerprint density at radius 3 is 1.00 bits per heavy atom. The molecule has 13 heteroatoms. The van der Waals surface area contributed by atoms with Crippen molar-refractivity contribution in [2.45, 2.75) is 108 Å². The van der Waals surface area contributed by atoms with Crippen LogP contribution in [0.1, 0.15) is 38.9 Å². The molecule has 0 saturated carbocycles. The van der Waals surface area contributed by atoms with Crippen LogP contribution in [-0.4, -0.2) is 74.6 Å². The molecule has 10 atom stereocenters. The third kappa shape index (κ3) is 15.3. The average Bonchev–Trinajstić information content (AvgIpc) is 3.46. The Morgan fingerprint density at radius 2 is 0.635 bits per heavy atom. The highest BCUT2D eigenvalue weighted by molar-refractivity contribution is 5.19. The zero-order chi connectivity index (χ0) is 50.4. The van der Waals surface area contributed by atoms with Gasteiger partial charge in [-0.15, -0.1) is 0 Å². The van der Waals surface area contributed by atoms with Crippen molar-refractivity contribution >= 4 is 0 Å². The van der Waals surface area contributed by atoms with E-state index in [1.165, 1.54) is 0 Å². The second-order valence-corrected chi connectivity index (χ2v) is 18.2. The van der Waals surface area contributed by atoms with Crippen LogP contribution in [0.15, 0.2) is 217 Å². The first kappa shape index (κ1) is 52.3. The van der Waals surface area contributed by atoms with E-state index in [9.17, 15) is 5.53 Å². The fraction of sp³-hybridized carbons (Fsp3) is 0.311. The first-order chi connectivity index (χ1) is 36.7. The highest BCUT2D eigenvalue weighted by Crippen LogP contribution is 2.37. The standard InChI is InChI=1S/C61H63N3O10/c62-64-63-54-57(69-40-49-30-16-5-17-31-49)55(67-38-47-26-12-3-13-27-47)52(43-65-36-45-22-8-1-9-23-45)72-60(54)74-58-56(68-39-48-28-14-4-15-29-48)53(44-66-37-46-24-10-2-11-25-46)73-61(71-42-51-34-20-7-21-35-51)59(58)70-41-50-32-18-6-19-33-50/h1-35,52-61H,36-44H2/t52-,53-,54-,55-,56-,57-,58+,59-,60+,61-/m1/s1. The number of ether oxygens (including phenoxy) is 10. The molecule has 0 aliphatic carbocycles. The predicted molar refractivity (Wildman–Crippen MR) is 279 cm³/mol. The Labute approximate surface area is 433 Å². The fourth-order valence-electron chi connectivity index (χ4n) is 9.10. The quantitative estimate of drug-likeness (QED) is 0.0292. The van der Waals surface area contributed by atoms with E-state index in [0.29, 0.717) is 13.2 Å². The molecule has 2 saturated heterocycles. The van der Waals surface area contributed by atoms with Crippen LogP contribution in [0.2, 0.25) is 0 Å². The Bertz CT molecular complexity index is 2690. The minimum Gasteiger partial charge on any atom is -0.374 e. The number of benzene rings is 7. The lowest BCUT2D eigenvalue weighted by Crippen LogP contribution is -2.66. The summed E-state index contributed by atoms with van der Waals surface area (Å²) in [4.78, 5) is 3.41. The van der Waals surface area contributed by atoms with Gasteiger partial charge in [0.2, 0.25) is 0 Å². The molecule has 2 fully saturated rings. The molecule has 0 bridgehead atoms. The summed E-state index contributed by atoms with van der Waals surface area (Å²) in [7, 11) is 0. The van der Waals surface area contributed by atoms with Crippen LogP contribution in [0.3, 0.4) is 0 Å². The Kier molecular flexibility index (Phi) is 19.9. The molecule has 2 aliphatic heterocycles. The van der Waals surface area contributed by atoms with Gasteiger partial charge in [-0.3, -0.25) is 0 Å². The minimum atomic E-state index is -1.26. The van der Waals surface area contributed by atoms with Gasteiger partial charge in [0.15, 0.2) is 12.6 Å². The number of hydrogen-bond acceptors (Lipinski definition) is 11. The van der Waals surface area contributed by atoms with Crippen molar-refractivity contribution in [1.29, 1.82) is 0 Å². The SMILES string of the molecule is [N-]=[N+]=N[C@H]1[C@H](O[C@@H]2[C@@H](OCc3ccccc3)[C@H](OCc3ccccc3)O[C@H](COCc3ccccc3)[C@H]2OCc2ccccc2)O[C@H](COCc2ccccc2)[C@@H](OCc2ccccc2)[C@@H]1OCc1ccccc1. The lowest BCUT2D eigenvalue weighted by molar-refractivity contribution is -0.363. The van der Waals surface area contributed by atoms with Crippen molar-refractivity contribution in [3.63, 3.8) is 0 Å². The molecule has 0 unspecified atom stereocenters. The van der Waals surface area contributed by atoms with Crippen LogP contribution < -0.4 is 0 Å². The molecule has 0 radical (unpaired) electrons. The molecule has 0 amide bonds. The average molecular weight is 998 g/mol. The van der Waals surface area contributed by atoms with Gasteiger partial charge in [-0.2, -0.15) is 0 Å². The number of rotatable bonds is 26. The van der Waals surface area contributed by atoms with E-state index < -0.39 is 61.3 Å². The predicted octanol–water partition coefficient (Wildman–Crippen LogP) is 11.5. The molecule has 0 aromatic heterocycles. The van der Waals surface area contributed by atoms with Crippen LogP contribution in [0.25, 0.3) is 10.4 Å². The monoisotopic (exact) mass is 997 g/mol. The minimum absolute atomic E-state index is 0.0802. The van der Waals surface area contributed by atoms with E-state index in [0.717, 1.165) is 38.9 Å². The van der Waals surface area contributed by atoms with Gasteiger partial charge in [0.1, 0.15) is 48.8 Å². The lowest BCUT2D eigenvalue weighted by atomic mass is 9.95. The summed E-state index contributed by atoms with van der Waals surface area (Å²) in [5.74, 6) is 0. The van der Waals surface area contributed by atoms with Gasteiger partial charge in [-0.25, -0.2) is 0 Å². The fourth-order valence-corrected chi connectivity index (χ4v) is 9.10. The van der Waals surface area contributed by atoms with Crippen molar-refractivity contribution in [3.05, 3.63) is 262 Å². The lowest BCUT2D eigenvalue weighted by Gasteiger charge is -2.49. The number of hydrogen-bond donors (Lipinski definition) is 0. The van der Waals surface area contributed by atoms with Gasteiger partial charge in [0, 0.05) is 4.91 Å². The van der Waals surface area contributed by atoms with Gasteiger partial charge in [0.25, 0.3) is 0 Å². The Hall–Kier alpha value is -6.55. The molecular weight excluding hydrogens is 935 g/mol. The number of nitrogens with zero attached hydrogens (tertiary/aromatic N) is 3. The highest BCUT2D eigenvalue weighted by atomic mass is 16.8. The molecule has 2 aliphatic rings. The molecule has 9 rings (SSSR count). The van der Waals surface area contributed by atoms with E-state index in [2.05, 4.69) is 10.0 Å². The van der Waals surface area contributed by atoms with E-state index in [1.807, 2.05) is 212 Å². The molecule has 382 valence electrons. The molecule has 7 aromatic rings. The van der Waals surface area contributed by atoms with Crippen LogP contribution in [-0.2, 0) is 93.6 Å². The molecule has 0 N–H and O–H groups in total. The van der Waals surface area contributed by atoms with Crippen LogP contribution >= 0.6 is 0 Å². The third-order valence-electron chi connectivity index (χ3n) is 12.9. The summed E-state index contributed by atoms with van der Waals surface area (Å²) in [5.41, 5.74) is 17.1. The summed E-state index contributed by atoms with van der Waals surface area (Å²) in [6, 6.07) is 68.1. The second-order valence-electron chi connectivity index (χ2n) is 18.2. The van der Waals surface area contributed by atoms with Gasteiger partial charge >= 0.3 is 0 Å². The van der Waals surface area contributed by atoms with Gasteiger partial charge < -0.3 is 47.4 Å². The summed E-state index contributed by atoms with van der Waals surface area (Å²) >= 11 is 0. The maximum absolute atomic E-state index is 10.5. The van der Waals surface area contributed by atoms with E-state index in [4.69, 9.17) is 47.4 Å². The molecule has 7 aromatic carbocycles. The van der Waals surface area contributed by atoms with Crippen LogP contribution in [0.5, 0.6) is 0 Å². The normalized spacial score (nSPS) is 23.7. The summed E-state index contributed by atoms with van der Waals surface area (Å²) in [6.45, 7) is 1.79. The summed E-state index contributed by atoms with van der Waals surface area (Å²) < 4.78 is 68.9. The van der Waals surface area contributed by atoms with Crippen LogP contribution in [0.4, 0.5) is 0 Å². The van der Waals surface area contributed by atoms with E-state index in [1.54, 1.807) is 0 Å². The highest BCUT2D eigenvalue weighted by Gasteiger charge is 2.54. The van der Waals surface area contributed by atoms with E-state index in [-0.39, 0.29) is 46.2 Å². The first-order valence-corrected chi connectivity index (χ1v) is 25.2. The van der Waals surface area contributed by atoms with Crippen molar-refractivity contribution in [2.24, 2.45) is 5.11 Å². The molecular formula is C61H63N3O10. The van der Waals surface area contributed by atoms with Gasteiger partial charge in [0.05, 0.1) is 59.5 Å². The Morgan fingerprint density at radius 1 is 0.338 bits per heavy atom. The molecule has 0 spiro atoms. The van der Waals surface area contributed by atoms with Gasteiger partial charge in [-0.05, 0) is 44.5 Å². The van der Waals surface area contributed by atoms with Crippen molar-refractivity contribution in [1.82, 2.24) is 0 Å². The largest absolute Gasteiger partial charge is 0.374 e. The zero-order valence-electron chi connectivity index (χ0n) is 41.3. The third-order valence-corrected chi connectivity index (χ3v) is 12.9. The topological polar surface area (TPSA) is 141 Å². The second kappa shape index (κ2) is 28.2. The number of azide groups is 1. The van der Waals surface area contributed by atoms with Crippen molar-refractivity contribution < 1.29 is 47.4 Å². The first-order valence-electron chi connectivity index (χ1n) is 25.2. The molecule has 2 heterocycles. The smallest absolute Gasteiger partial charge is 0.187 e. The maximum Gasteiger partial charge on any atom is 0.187 e. The van der Waals surface area contributed by atoms with Crippen LogP contribution in [0, 0.1) is 0 Å². The van der Waals surface area contributed by atoms with Crippen molar-refractivity contribution in [2.75, 3.05) is 13.2 Å². The molecule has 74 heavy (non-hydrogen) atoms.